The number of hydrogen-bond acceptors (Lipinski definition) is 4. The van der Waals surface area contributed by atoms with E-state index in [4.69, 9.17) is 13.0 Å². The molecular weight excluding hydrogens is 126 g/mol. The number of hydrogen-bond donors (Lipinski definition) is 0. The Kier molecular flexibility index (Phi) is 1.91. The molecule has 0 saturated carbocycles. The van der Waals surface area contributed by atoms with Gasteiger partial charge in [0.1, 0.15) is 6.29 Å². The van der Waals surface area contributed by atoms with Crippen molar-refractivity contribution in [3.8, 4) is 0 Å². The fraction of sp³-hybridized carbons (Fsp3) is 1.00. The van der Waals surface area contributed by atoms with E-state index < -0.39 is 11.1 Å². The summed E-state index contributed by atoms with van der Waals surface area (Å²) >= 11 is -1.17. The SMILES string of the molecule is CCCC1O[S-](#N)O1. The van der Waals surface area contributed by atoms with Crippen LogP contribution in [0.25, 0.3) is 0 Å². The van der Waals surface area contributed by atoms with Gasteiger partial charge >= 0.3 is 0 Å². The summed E-state index contributed by atoms with van der Waals surface area (Å²) in [6.45, 7) is 2.04. The molecule has 1 aliphatic heterocycles. The molecule has 48 valence electrons. The number of rotatable bonds is 2. The fourth-order valence-electron chi connectivity index (χ4n) is 0.523. The maximum absolute atomic E-state index is 8.43. The van der Waals surface area contributed by atoms with E-state index in [0.29, 0.717) is 0 Å². The van der Waals surface area contributed by atoms with Gasteiger partial charge in [-0.3, -0.25) is 0 Å². The van der Waals surface area contributed by atoms with Crippen LogP contribution < -0.4 is 0 Å². The van der Waals surface area contributed by atoms with E-state index in [1.807, 2.05) is 6.92 Å². The summed E-state index contributed by atoms with van der Waals surface area (Å²) in [5.74, 6) is 0. The Morgan fingerprint density at radius 1 is 1.62 bits per heavy atom. The molecule has 0 aromatic carbocycles. The van der Waals surface area contributed by atoms with E-state index in [-0.39, 0.29) is 6.29 Å². The van der Waals surface area contributed by atoms with Gasteiger partial charge in [-0.25, -0.2) is 0 Å². The summed E-state index contributed by atoms with van der Waals surface area (Å²) in [4.78, 5) is 0. The van der Waals surface area contributed by atoms with Gasteiger partial charge in [0.2, 0.25) is 0 Å². The van der Waals surface area contributed by atoms with Crippen molar-refractivity contribution >= 4 is 11.1 Å². The highest BCUT2D eigenvalue weighted by atomic mass is 32.2. The predicted octanol–water partition coefficient (Wildman–Crippen LogP) is 1.09. The molecule has 1 fully saturated rings. The average molecular weight is 134 g/mol. The molecule has 1 heterocycles. The van der Waals surface area contributed by atoms with E-state index in [2.05, 4.69) is 0 Å². The first-order valence-electron chi connectivity index (χ1n) is 2.60. The van der Waals surface area contributed by atoms with Crippen LogP contribution in [0, 0.1) is 4.61 Å². The topological polar surface area (TPSA) is 42.2 Å². The molecule has 0 atom stereocenters. The van der Waals surface area contributed by atoms with E-state index in [1.165, 1.54) is 0 Å². The Morgan fingerprint density at radius 3 is 2.62 bits per heavy atom. The predicted molar refractivity (Wildman–Crippen MR) is 30.0 cm³/mol. The third kappa shape index (κ3) is 1.23. The third-order valence-corrected chi connectivity index (χ3v) is 1.66. The highest BCUT2D eigenvalue weighted by molar-refractivity contribution is 7.74. The minimum absolute atomic E-state index is 0.131. The zero-order chi connectivity index (χ0) is 5.98. The van der Waals surface area contributed by atoms with Crippen molar-refractivity contribution in [2.45, 2.75) is 26.1 Å². The molecule has 0 aromatic heterocycles. The molecule has 0 N–H and O–H groups in total. The first kappa shape index (κ1) is 6.11. The second-order valence-corrected chi connectivity index (χ2v) is 2.45. The standard InChI is InChI=1S/C4H8NO2S/c1-2-3-4-6-8(5)7-4/h4H,2-3H2,1H3/q-1. The molecule has 0 aromatic rings. The second kappa shape index (κ2) is 2.51. The van der Waals surface area contributed by atoms with Crippen molar-refractivity contribution in [1.29, 1.82) is 4.61 Å². The van der Waals surface area contributed by atoms with Gasteiger partial charge < -0.3 is 13.0 Å². The molecule has 1 saturated heterocycles. The molecule has 0 amide bonds. The summed E-state index contributed by atoms with van der Waals surface area (Å²) in [6.07, 6.45) is 1.78. The minimum atomic E-state index is -1.17. The van der Waals surface area contributed by atoms with Gasteiger partial charge in [0, 0.05) is 0 Å². The first-order valence-corrected chi connectivity index (χ1v) is 3.63. The molecule has 3 nitrogen and oxygen atoms in total. The number of nitrogens with zero attached hydrogens (tertiary/aromatic N) is 1. The van der Waals surface area contributed by atoms with Gasteiger partial charge in [-0.05, 0) is 6.42 Å². The fourth-order valence-corrected chi connectivity index (χ4v) is 1.10. The molecule has 0 radical (unpaired) electrons. The molecule has 1 aliphatic rings. The van der Waals surface area contributed by atoms with Crippen LogP contribution in [0.3, 0.4) is 0 Å². The molecule has 4 heteroatoms. The van der Waals surface area contributed by atoms with Gasteiger partial charge in [0.05, 0.1) is 0 Å². The van der Waals surface area contributed by atoms with Gasteiger partial charge in [-0.15, -0.1) is 0 Å². The van der Waals surface area contributed by atoms with Gasteiger partial charge in [-0.1, -0.05) is 24.4 Å². The lowest BCUT2D eigenvalue weighted by molar-refractivity contribution is -0.0554. The van der Waals surface area contributed by atoms with Gasteiger partial charge in [0.25, 0.3) is 0 Å². The van der Waals surface area contributed by atoms with Crippen molar-refractivity contribution in [1.82, 2.24) is 0 Å². The molecule has 8 heavy (non-hydrogen) atoms. The highest BCUT2D eigenvalue weighted by Gasteiger charge is 2.10. The Bertz CT molecular complexity index is 129. The van der Waals surface area contributed by atoms with Gasteiger partial charge in [-0.2, -0.15) is 0 Å². The van der Waals surface area contributed by atoms with Gasteiger partial charge in [0.15, 0.2) is 0 Å². The van der Waals surface area contributed by atoms with Crippen molar-refractivity contribution in [3.05, 3.63) is 0 Å². The first-order chi connectivity index (χ1) is 3.83. The zero-order valence-electron chi connectivity index (χ0n) is 4.66. The molecular formula is C4H8NO2S-. The minimum Gasteiger partial charge on any atom is -0.416 e. The summed E-state index contributed by atoms with van der Waals surface area (Å²) in [7, 11) is 0. The van der Waals surface area contributed by atoms with Crippen LogP contribution in [0.5, 0.6) is 0 Å². The highest BCUT2D eigenvalue weighted by Crippen LogP contribution is 2.16. The monoisotopic (exact) mass is 134 g/mol. The lowest BCUT2D eigenvalue weighted by atomic mass is 10.3. The molecule has 0 spiro atoms. The molecule has 0 aliphatic carbocycles. The zero-order valence-corrected chi connectivity index (χ0v) is 5.48. The van der Waals surface area contributed by atoms with Crippen LogP contribution in [0.15, 0.2) is 0 Å². The molecule has 0 unspecified atom stereocenters. The Labute approximate surface area is 51.0 Å². The van der Waals surface area contributed by atoms with Crippen molar-refractivity contribution in [2.24, 2.45) is 0 Å². The molecule has 0 bridgehead atoms. The lowest BCUT2D eigenvalue weighted by Gasteiger charge is -2.37. The van der Waals surface area contributed by atoms with E-state index >= 15 is 0 Å². The van der Waals surface area contributed by atoms with Crippen molar-refractivity contribution < 1.29 is 8.37 Å². The quantitative estimate of drug-likeness (QED) is 0.531. The van der Waals surface area contributed by atoms with E-state index in [0.717, 1.165) is 12.8 Å². The largest absolute Gasteiger partial charge is 0.416 e. The van der Waals surface area contributed by atoms with E-state index in [1.54, 1.807) is 0 Å². The van der Waals surface area contributed by atoms with E-state index in [9.17, 15) is 0 Å². The van der Waals surface area contributed by atoms with Crippen molar-refractivity contribution in [2.75, 3.05) is 0 Å². The maximum atomic E-state index is 8.43. The lowest BCUT2D eigenvalue weighted by Crippen LogP contribution is -2.28. The molecule has 1 rings (SSSR count). The van der Waals surface area contributed by atoms with Crippen LogP contribution in [0.1, 0.15) is 19.8 Å². The Balaban J connectivity index is 2.09. The Hall–Kier alpha value is -0.0200. The Morgan fingerprint density at radius 2 is 2.25 bits per heavy atom. The van der Waals surface area contributed by atoms with Crippen molar-refractivity contribution in [3.63, 3.8) is 0 Å². The van der Waals surface area contributed by atoms with Crippen LogP contribution >= 0.6 is 0 Å². The van der Waals surface area contributed by atoms with Crippen LogP contribution in [0.2, 0.25) is 0 Å². The summed E-state index contributed by atoms with van der Waals surface area (Å²) in [5.41, 5.74) is 0. The summed E-state index contributed by atoms with van der Waals surface area (Å²) in [5, 5.41) is 0. The average Bonchev–Trinajstić information content (AvgIpc) is 1.64. The second-order valence-electron chi connectivity index (χ2n) is 1.63. The smallest absolute Gasteiger partial charge is 0.124 e. The normalized spacial score (nSPS) is 23.0. The summed E-state index contributed by atoms with van der Waals surface area (Å²) in [6, 6.07) is 0. The van der Waals surface area contributed by atoms with Crippen LogP contribution in [-0.2, 0) is 19.5 Å². The van der Waals surface area contributed by atoms with Crippen LogP contribution in [-0.4, -0.2) is 6.29 Å². The van der Waals surface area contributed by atoms with Crippen LogP contribution in [0.4, 0.5) is 0 Å². The summed E-state index contributed by atoms with van der Waals surface area (Å²) < 4.78 is 17.9. The third-order valence-electron chi connectivity index (χ3n) is 0.904. The maximum Gasteiger partial charge on any atom is 0.124 e.